The van der Waals surface area contributed by atoms with E-state index in [2.05, 4.69) is 25.2 Å². The van der Waals surface area contributed by atoms with Crippen molar-refractivity contribution in [3.8, 4) is 6.07 Å². The van der Waals surface area contributed by atoms with Gasteiger partial charge in [-0.15, -0.1) is 0 Å². The summed E-state index contributed by atoms with van der Waals surface area (Å²) in [6.45, 7) is 7.24. The first-order chi connectivity index (χ1) is 8.00. The molecular weight excluding hydrogens is 212 g/mol. The van der Waals surface area contributed by atoms with Crippen LogP contribution in [0.3, 0.4) is 0 Å². The number of nitrogens with zero attached hydrogens (tertiary/aromatic N) is 1. The summed E-state index contributed by atoms with van der Waals surface area (Å²) in [6, 6.07) is 2.29. The zero-order chi connectivity index (χ0) is 12.9. The summed E-state index contributed by atoms with van der Waals surface area (Å²) >= 11 is 0. The van der Waals surface area contributed by atoms with E-state index in [1.807, 2.05) is 14.0 Å². The normalized spacial score (nSPS) is 32.8. The van der Waals surface area contributed by atoms with E-state index in [-0.39, 0.29) is 0 Å². The molecule has 0 heterocycles. The zero-order valence-corrected chi connectivity index (χ0v) is 11.6. The molecule has 0 spiro atoms. The molecule has 3 heteroatoms. The van der Waals surface area contributed by atoms with Gasteiger partial charge in [-0.1, -0.05) is 13.8 Å². The maximum absolute atomic E-state index is 9.03. The van der Waals surface area contributed by atoms with Gasteiger partial charge in [0.05, 0.1) is 12.2 Å². The molecular formula is C14H26N2O. The van der Waals surface area contributed by atoms with Gasteiger partial charge in [0.25, 0.3) is 0 Å². The predicted molar refractivity (Wildman–Crippen MR) is 69.6 cm³/mol. The molecule has 0 saturated heterocycles. The first kappa shape index (κ1) is 14.5. The average molecular weight is 238 g/mol. The van der Waals surface area contributed by atoms with Crippen LogP contribution in [0.2, 0.25) is 0 Å². The van der Waals surface area contributed by atoms with Crippen LogP contribution in [0.1, 0.15) is 46.5 Å². The highest BCUT2D eigenvalue weighted by atomic mass is 16.5. The molecule has 98 valence electrons. The minimum absolute atomic E-state index is 0.404. The van der Waals surface area contributed by atoms with E-state index in [9.17, 15) is 0 Å². The third kappa shape index (κ3) is 4.29. The van der Waals surface area contributed by atoms with E-state index in [4.69, 9.17) is 10.00 Å². The molecule has 4 unspecified atom stereocenters. The first-order valence-electron chi connectivity index (χ1n) is 6.72. The third-order valence-corrected chi connectivity index (χ3v) is 4.30. The van der Waals surface area contributed by atoms with Crippen LogP contribution in [-0.4, -0.2) is 25.3 Å². The summed E-state index contributed by atoms with van der Waals surface area (Å²) in [5.74, 6) is 1.59. The summed E-state index contributed by atoms with van der Waals surface area (Å²) in [5.41, 5.74) is -0.451. The molecule has 1 aliphatic carbocycles. The summed E-state index contributed by atoms with van der Waals surface area (Å²) in [4.78, 5) is 0. The predicted octanol–water partition coefficient (Wildman–Crippen LogP) is 2.72. The van der Waals surface area contributed by atoms with Crippen LogP contribution in [-0.2, 0) is 4.74 Å². The Bertz CT molecular complexity index is 274. The van der Waals surface area contributed by atoms with Crippen molar-refractivity contribution in [2.24, 2.45) is 11.8 Å². The molecule has 0 aromatic rings. The van der Waals surface area contributed by atoms with Gasteiger partial charge in [0.1, 0.15) is 5.54 Å². The van der Waals surface area contributed by atoms with E-state index in [1.54, 1.807) is 0 Å². The largest absolute Gasteiger partial charge is 0.378 e. The molecule has 1 saturated carbocycles. The molecule has 1 aliphatic rings. The lowest BCUT2D eigenvalue weighted by molar-refractivity contribution is -0.00285. The fourth-order valence-corrected chi connectivity index (χ4v) is 2.32. The van der Waals surface area contributed by atoms with Crippen LogP contribution in [0.5, 0.6) is 0 Å². The van der Waals surface area contributed by atoms with E-state index < -0.39 is 5.54 Å². The molecule has 3 nitrogen and oxygen atoms in total. The van der Waals surface area contributed by atoms with E-state index >= 15 is 0 Å². The van der Waals surface area contributed by atoms with E-state index in [0.29, 0.717) is 12.7 Å². The maximum Gasteiger partial charge on any atom is 0.105 e. The molecule has 0 radical (unpaired) electrons. The molecule has 0 bridgehead atoms. The Labute approximate surface area is 106 Å². The minimum Gasteiger partial charge on any atom is -0.378 e. The summed E-state index contributed by atoms with van der Waals surface area (Å²) in [5, 5.41) is 12.1. The Balaban J connectivity index is 2.26. The highest BCUT2D eigenvalue weighted by molar-refractivity contribution is 5.02. The van der Waals surface area contributed by atoms with Crippen LogP contribution < -0.4 is 5.32 Å². The van der Waals surface area contributed by atoms with Gasteiger partial charge in [-0.3, -0.25) is 0 Å². The van der Waals surface area contributed by atoms with E-state index in [1.165, 1.54) is 19.3 Å². The van der Waals surface area contributed by atoms with Gasteiger partial charge in [-0.2, -0.15) is 5.26 Å². The topological polar surface area (TPSA) is 45.0 Å². The Morgan fingerprint density at radius 3 is 2.59 bits per heavy atom. The zero-order valence-electron chi connectivity index (χ0n) is 11.6. The number of ether oxygens (including phenoxy) is 1. The van der Waals surface area contributed by atoms with Crippen LogP contribution in [0.25, 0.3) is 0 Å². The van der Waals surface area contributed by atoms with Crippen molar-refractivity contribution in [3.63, 3.8) is 0 Å². The van der Waals surface area contributed by atoms with Gasteiger partial charge in [-0.25, -0.2) is 0 Å². The molecule has 4 atom stereocenters. The molecule has 1 N–H and O–H groups in total. The van der Waals surface area contributed by atoms with Crippen molar-refractivity contribution in [1.29, 1.82) is 5.26 Å². The number of hydrogen-bond donors (Lipinski definition) is 1. The summed E-state index contributed by atoms with van der Waals surface area (Å²) in [7, 11) is 1.83. The van der Waals surface area contributed by atoms with Crippen LogP contribution >= 0.6 is 0 Å². The Kier molecular flexibility index (Phi) is 5.42. The second kappa shape index (κ2) is 6.37. The maximum atomic E-state index is 9.03. The van der Waals surface area contributed by atoms with Crippen molar-refractivity contribution >= 4 is 0 Å². The Morgan fingerprint density at radius 2 is 2.06 bits per heavy atom. The lowest BCUT2D eigenvalue weighted by atomic mass is 9.80. The van der Waals surface area contributed by atoms with Crippen molar-refractivity contribution in [2.45, 2.75) is 58.1 Å². The minimum atomic E-state index is -0.451. The Hall–Kier alpha value is -0.590. The lowest BCUT2D eigenvalue weighted by Crippen LogP contribution is -2.39. The van der Waals surface area contributed by atoms with Crippen molar-refractivity contribution in [2.75, 3.05) is 13.7 Å². The van der Waals surface area contributed by atoms with Gasteiger partial charge in [0, 0.05) is 13.0 Å². The van der Waals surface area contributed by atoms with Gasteiger partial charge < -0.3 is 10.1 Å². The smallest absolute Gasteiger partial charge is 0.105 e. The highest BCUT2D eigenvalue weighted by Crippen LogP contribution is 2.31. The van der Waals surface area contributed by atoms with Crippen molar-refractivity contribution < 1.29 is 4.74 Å². The van der Waals surface area contributed by atoms with Gasteiger partial charge in [0.2, 0.25) is 0 Å². The molecule has 17 heavy (non-hydrogen) atoms. The number of nitriles is 1. The van der Waals surface area contributed by atoms with Crippen molar-refractivity contribution in [3.05, 3.63) is 0 Å². The number of nitrogens with one attached hydrogen (secondary N) is 1. The van der Waals surface area contributed by atoms with Crippen LogP contribution in [0, 0.1) is 23.2 Å². The molecule has 0 aromatic heterocycles. The molecule has 0 aromatic carbocycles. The monoisotopic (exact) mass is 238 g/mol. The van der Waals surface area contributed by atoms with Crippen LogP contribution in [0.15, 0.2) is 0 Å². The second-order valence-corrected chi connectivity index (χ2v) is 5.70. The average Bonchev–Trinajstić information content (AvgIpc) is 2.33. The number of hydrogen-bond acceptors (Lipinski definition) is 3. The molecule has 1 fully saturated rings. The summed E-state index contributed by atoms with van der Waals surface area (Å²) < 4.78 is 5.91. The van der Waals surface area contributed by atoms with Gasteiger partial charge in [-0.05, 0) is 45.1 Å². The second-order valence-electron chi connectivity index (χ2n) is 5.70. The molecule has 0 amide bonds. The summed E-state index contributed by atoms with van der Waals surface area (Å²) in [6.07, 6.45) is 4.77. The molecule has 0 aliphatic heterocycles. The SMILES string of the molecule is CNC(C)(C#N)CCOC1CCC(C)C(C)C1. The fraction of sp³-hybridized carbons (Fsp3) is 0.929. The lowest BCUT2D eigenvalue weighted by Gasteiger charge is -2.32. The Morgan fingerprint density at radius 1 is 1.35 bits per heavy atom. The third-order valence-electron chi connectivity index (χ3n) is 4.30. The fourth-order valence-electron chi connectivity index (χ4n) is 2.32. The van der Waals surface area contributed by atoms with Gasteiger partial charge >= 0.3 is 0 Å². The number of rotatable bonds is 5. The van der Waals surface area contributed by atoms with Crippen LogP contribution in [0.4, 0.5) is 0 Å². The standard InChI is InChI=1S/C14H26N2O/c1-11-5-6-13(9-12(11)2)17-8-7-14(3,10-15)16-4/h11-13,16H,5-9H2,1-4H3. The quantitative estimate of drug-likeness (QED) is 0.801. The van der Waals surface area contributed by atoms with Crippen molar-refractivity contribution in [1.82, 2.24) is 5.32 Å². The van der Waals surface area contributed by atoms with Gasteiger partial charge in [0.15, 0.2) is 0 Å². The van der Waals surface area contributed by atoms with E-state index in [0.717, 1.165) is 18.3 Å². The first-order valence-corrected chi connectivity index (χ1v) is 6.72. The molecule has 1 rings (SSSR count). The highest BCUT2D eigenvalue weighted by Gasteiger charge is 2.26.